The molecule has 0 atom stereocenters. The molecule has 0 aliphatic heterocycles. The lowest BCUT2D eigenvalue weighted by Gasteiger charge is -1.97. The van der Waals surface area contributed by atoms with E-state index in [0.29, 0.717) is 6.54 Å². The first-order valence-corrected chi connectivity index (χ1v) is 4.36. The Morgan fingerprint density at radius 3 is 3.00 bits per heavy atom. The molecule has 0 unspecified atom stereocenters. The van der Waals surface area contributed by atoms with Crippen molar-refractivity contribution in [2.45, 2.75) is 19.9 Å². The van der Waals surface area contributed by atoms with E-state index >= 15 is 0 Å². The Labute approximate surface area is 76.4 Å². The molecular formula is C9H12N4. The highest BCUT2D eigenvalue weighted by atomic mass is 15.2. The van der Waals surface area contributed by atoms with E-state index in [0.717, 1.165) is 17.6 Å². The Hall–Kier alpha value is -1.42. The van der Waals surface area contributed by atoms with Gasteiger partial charge in [0.2, 0.25) is 0 Å². The fourth-order valence-corrected chi connectivity index (χ4v) is 1.29. The van der Waals surface area contributed by atoms with Gasteiger partial charge in [-0.25, -0.2) is 9.50 Å². The van der Waals surface area contributed by atoms with Crippen LogP contribution in [-0.2, 0) is 13.0 Å². The largest absolute Gasteiger partial charge is 0.326 e. The molecule has 0 spiro atoms. The van der Waals surface area contributed by atoms with Gasteiger partial charge in [0.25, 0.3) is 0 Å². The minimum Gasteiger partial charge on any atom is -0.326 e. The van der Waals surface area contributed by atoms with Crippen molar-refractivity contribution in [3.05, 3.63) is 29.7 Å². The van der Waals surface area contributed by atoms with E-state index in [4.69, 9.17) is 5.73 Å². The molecule has 0 amide bonds. The van der Waals surface area contributed by atoms with E-state index in [-0.39, 0.29) is 0 Å². The molecule has 0 fully saturated rings. The van der Waals surface area contributed by atoms with Crippen LogP contribution in [0.2, 0.25) is 0 Å². The summed E-state index contributed by atoms with van der Waals surface area (Å²) in [6.07, 6.45) is 6.60. The fourth-order valence-electron chi connectivity index (χ4n) is 1.29. The fraction of sp³-hybridized carbons (Fsp3) is 0.333. The van der Waals surface area contributed by atoms with Gasteiger partial charge in [0.1, 0.15) is 0 Å². The number of hydrogen-bond acceptors (Lipinski definition) is 3. The Kier molecular flexibility index (Phi) is 1.98. The number of nitrogens with two attached hydrogens (primary N) is 1. The van der Waals surface area contributed by atoms with Gasteiger partial charge in [0, 0.05) is 24.5 Å². The maximum absolute atomic E-state index is 5.54. The molecule has 4 nitrogen and oxygen atoms in total. The average Bonchev–Trinajstić information content (AvgIpc) is 2.59. The lowest BCUT2D eigenvalue weighted by molar-refractivity contribution is 0.910. The molecule has 2 heterocycles. The molecule has 0 bridgehead atoms. The van der Waals surface area contributed by atoms with Crippen LogP contribution in [0.3, 0.4) is 0 Å². The van der Waals surface area contributed by atoms with Gasteiger partial charge < -0.3 is 5.73 Å². The number of aryl methyl sites for hydroxylation is 1. The van der Waals surface area contributed by atoms with Crippen LogP contribution >= 0.6 is 0 Å². The van der Waals surface area contributed by atoms with Gasteiger partial charge in [0.05, 0.1) is 6.20 Å². The van der Waals surface area contributed by atoms with E-state index in [1.54, 1.807) is 10.7 Å². The molecule has 0 aliphatic carbocycles. The lowest BCUT2D eigenvalue weighted by Crippen LogP contribution is -1.98. The van der Waals surface area contributed by atoms with Crippen molar-refractivity contribution in [2.75, 3.05) is 0 Å². The first kappa shape index (κ1) is 8.19. The standard InChI is InChI=1S/C9H12N4/c1-2-7-4-11-9-8(3-10)5-12-13(9)6-7/h4-6H,2-3,10H2,1H3. The van der Waals surface area contributed by atoms with Crippen LogP contribution in [0.4, 0.5) is 0 Å². The molecule has 0 aromatic carbocycles. The van der Waals surface area contributed by atoms with E-state index in [1.807, 2.05) is 12.4 Å². The van der Waals surface area contributed by atoms with Crippen molar-refractivity contribution < 1.29 is 0 Å². The minimum atomic E-state index is 0.488. The van der Waals surface area contributed by atoms with Crippen LogP contribution in [0.15, 0.2) is 18.6 Å². The highest BCUT2D eigenvalue weighted by Crippen LogP contribution is 2.07. The second kappa shape index (κ2) is 3.14. The molecule has 13 heavy (non-hydrogen) atoms. The summed E-state index contributed by atoms with van der Waals surface area (Å²) in [5.41, 5.74) is 8.57. The summed E-state index contributed by atoms with van der Waals surface area (Å²) in [5.74, 6) is 0. The topological polar surface area (TPSA) is 56.2 Å². The zero-order valence-corrected chi connectivity index (χ0v) is 7.57. The van der Waals surface area contributed by atoms with Crippen LogP contribution in [0, 0.1) is 0 Å². The van der Waals surface area contributed by atoms with Gasteiger partial charge in [-0.05, 0) is 12.0 Å². The highest BCUT2D eigenvalue weighted by molar-refractivity contribution is 5.46. The molecule has 2 rings (SSSR count). The van der Waals surface area contributed by atoms with E-state index in [9.17, 15) is 0 Å². The Bertz CT molecular complexity index is 418. The molecule has 0 radical (unpaired) electrons. The minimum absolute atomic E-state index is 0.488. The summed E-state index contributed by atoms with van der Waals surface area (Å²) in [4.78, 5) is 4.30. The first-order valence-electron chi connectivity index (χ1n) is 4.36. The molecule has 68 valence electrons. The van der Waals surface area contributed by atoms with Gasteiger partial charge in [-0.3, -0.25) is 0 Å². The quantitative estimate of drug-likeness (QED) is 0.734. The third-order valence-electron chi connectivity index (χ3n) is 2.11. The normalized spacial score (nSPS) is 10.9. The third kappa shape index (κ3) is 1.29. The second-order valence-corrected chi connectivity index (χ2v) is 2.96. The average molecular weight is 176 g/mol. The number of nitrogens with zero attached hydrogens (tertiary/aromatic N) is 3. The summed E-state index contributed by atoms with van der Waals surface area (Å²) < 4.78 is 1.78. The van der Waals surface area contributed by atoms with Crippen LogP contribution in [0.5, 0.6) is 0 Å². The third-order valence-corrected chi connectivity index (χ3v) is 2.11. The Balaban J connectivity index is 2.61. The highest BCUT2D eigenvalue weighted by Gasteiger charge is 2.02. The van der Waals surface area contributed by atoms with Crippen molar-refractivity contribution in [2.24, 2.45) is 5.73 Å². The molecule has 0 aliphatic rings. The predicted molar refractivity (Wildman–Crippen MR) is 50.3 cm³/mol. The second-order valence-electron chi connectivity index (χ2n) is 2.96. The summed E-state index contributed by atoms with van der Waals surface area (Å²) in [7, 11) is 0. The van der Waals surface area contributed by atoms with Crippen molar-refractivity contribution in [1.29, 1.82) is 0 Å². The van der Waals surface area contributed by atoms with Crippen LogP contribution in [0.25, 0.3) is 5.65 Å². The molecule has 0 saturated carbocycles. The van der Waals surface area contributed by atoms with Gasteiger partial charge in [-0.15, -0.1) is 0 Å². The van der Waals surface area contributed by atoms with E-state index in [2.05, 4.69) is 17.0 Å². The van der Waals surface area contributed by atoms with Gasteiger partial charge >= 0.3 is 0 Å². The maximum atomic E-state index is 5.54. The van der Waals surface area contributed by atoms with Crippen LogP contribution < -0.4 is 5.73 Å². The molecule has 2 aromatic rings. The van der Waals surface area contributed by atoms with Gasteiger partial charge in [-0.2, -0.15) is 5.10 Å². The maximum Gasteiger partial charge on any atom is 0.159 e. The zero-order chi connectivity index (χ0) is 9.26. The van der Waals surface area contributed by atoms with Crippen molar-refractivity contribution in [3.63, 3.8) is 0 Å². The molecule has 2 aromatic heterocycles. The molecule has 4 heteroatoms. The van der Waals surface area contributed by atoms with Crippen LogP contribution in [0.1, 0.15) is 18.1 Å². The Morgan fingerprint density at radius 2 is 2.31 bits per heavy atom. The summed E-state index contributed by atoms with van der Waals surface area (Å²) in [6, 6.07) is 0. The first-order chi connectivity index (χ1) is 6.35. The zero-order valence-electron chi connectivity index (χ0n) is 7.57. The van der Waals surface area contributed by atoms with E-state index < -0.39 is 0 Å². The number of fused-ring (bicyclic) bond motifs is 1. The van der Waals surface area contributed by atoms with Crippen molar-refractivity contribution in [1.82, 2.24) is 14.6 Å². The lowest BCUT2D eigenvalue weighted by atomic mass is 10.3. The summed E-state index contributed by atoms with van der Waals surface area (Å²) in [5, 5.41) is 4.17. The van der Waals surface area contributed by atoms with Gasteiger partial charge in [0.15, 0.2) is 5.65 Å². The monoisotopic (exact) mass is 176 g/mol. The van der Waals surface area contributed by atoms with Crippen molar-refractivity contribution in [3.8, 4) is 0 Å². The summed E-state index contributed by atoms with van der Waals surface area (Å²) in [6.45, 7) is 2.58. The number of hydrogen-bond donors (Lipinski definition) is 1. The molecular weight excluding hydrogens is 164 g/mol. The smallest absolute Gasteiger partial charge is 0.159 e. The predicted octanol–water partition coefficient (Wildman–Crippen LogP) is 0.750. The van der Waals surface area contributed by atoms with Crippen LogP contribution in [-0.4, -0.2) is 14.6 Å². The molecule has 2 N–H and O–H groups in total. The van der Waals surface area contributed by atoms with E-state index in [1.165, 1.54) is 5.56 Å². The SMILES string of the molecule is CCc1cnc2c(CN)cnn2c1. The number of aromatic nitrogens is 3. The van der Waals surface area contributed by atoms with Crippen molar-refractivity contribution >= 4 is 5.65 Å². The van der Waals surface area contributed by atoms with Gasteiger partial charge in [-0.1, -0.05) is 6.92 Å². The summed E-state index contributed by atoms with van der Waals surface area (Å²) >= 11 is 0. The number of rotatable bonds is 2. The molecule has 0 saturated heterocycles. The Morgan fingerprint density at radius 1 is 1.46 bits per heavy atom.